The normalized spacial score (nSPS) is 11.9. The Hall–Kier alpha value is 1.20. The van der Waals surface area contributed by atoms with Gasteiger partial charge in [0.25, 0.3) is 0 Å². The van der Waals surface area contributed by atoms with Crippen LogP contribution in [0.4, 0.5) is 0 Å². The number of carbonyl (C=O) groups is 1. The van der Waals surface area contributed by atoms with E-state index in [1.807, 2.05) is 22.6 Å². The molecule has 0 aromatic rings. The Balaban J connectivity index is 0. The van der Waals surface area contributed by atoms with Crippen molar-refractivity contribution in [3.05, 3.63) is 0 Å². The van der Waals surface area contributed by atoms with Gasteiger partial charge in [0.05, 0.1) is 0 Å². The van der Waals surface area contributed by atoms with E-state index in [1.165, 1.54) is 32.1 Å². The number of halogens is 1. The van der Waals surface area contributed by atoms with Gasteiger partial charge >= 0.3 is 35.5 Å². The van der Waals surface area contributed by atoms with Crippen LogP contribution in [-0.2, 0) is 4.79 Å². The monoisotopic (exact) mass is 322 g/mol. The molecule has 0 saturated heterocycles. The third-order valence-corrected chi connectivity index (χ3v) is 3.23. The third kappa shape index (κ3) is 11.3. The zero-order chi connectivity index (χ0) is 10.1. The van der Waals surface area contributed by atoms with Crippen LogP contribution in [-0.4, -0.2) is 44.6 Å². The molecule has 0 aromatic heterocycles. The van der Waals surface area contributed by atoms with Crippen LogP contribution in [0.15, 0.2) is 0 Å². The summed E-state index contributed by atoms with van der Waals surface area (Å²) in [7, 11) is 0. The van der Waals surface area contributed by atoms with Crippen LogP contribution in [0, 0.1) is 0 Å². The van der Waals surface area contributed by atoms with Crippen molar-refractivity contribution < 1.29 is 9.90 Å². The first-order valence-corrected chi connectivity index (χ1v) is 6.30. The van der Waals surface area contributed by atoms with Gasteiger partial charge in [0.1, 0.15) is 3.92 Å². The summed E-state index contributed by atoms with van der Waals surface area (Å²) >= 11 is 2.00. The molecule has 0 aliphatic heterocycles. The van der Waals surface area contributed by atoms with Crippen molar-refractivity contribution in [3.63, 3.8) is 0 Å². The average Bonchev–Trinajstić information content (AvgIpc) is 2.10. The van der Waals surface area contributed by atoms with E-state index in [-0.39, 0.29) is 33.5 Å². The SMILES string of the molecule is CCCCCCCCC(I)C(=O)O.[NaH]. The predicted octanol–water partition coefficient (Wildman–Crippen LogP) is 2.98. The minimum absolute atomic E-state index is 0. The van der Waals surface area contributed by atoms with Crippen LogP contribution < -0.4 is 0 Å². The molecule has 0 saturated carbocycles. The van der Waals surface area contributed by atoms with Crippen molar-refractivity contribution in [2.45, 2.75) is 55.8 Å². The number of carboxylic acids is 1. The average molecular weight is 322 g/mol. The Morgan fingerprint density at radius 2 is 1.71 bits per heavy atom. The van der Waals surface area contributed by atoms with Crippen LogP contribution in [0.1, 0.15) is 51.9 Å². The van der Waals surface area contributed by atoms with E-state index in [0.717, 1.165) is 12.8 Å². The van der Waals surface area contributed by atoms with Crippen LogP contribution >= 0.6 is 22.6 Å². The first kappa shape index (κ1) is 17.6. The Morgan fingerprint density at radius 1 is 1.21 bits per heavy atom. The topological polar surface area (TPSA) is 37.3 Å². The number of hydrogen-bond acceptors (Lipinski definition) is 1. The molecule has 14 heavy (non-hydrogen) atoms. The molecule has 0 amide bonds. The Morgan fingerprint density at radius 3 is 2.21 bits per heavy atom. The second-order valence-electron chi connectivity index (χ2n) is 3.36. The van der Waals surface area contributed by atoms with Gasteiger partial charge in [0, 0.05) is 0 Å². The first-order chi connectivity index (χ1) is 6.18. The summed E-state index contributed by atoms with van der Waals surface area (Å²) < 4.78 is -0.191. The van der Waals surface area contributed by atoms with Gasteiger partial charge in [-0.05, 0) is 6.42 Å². The molecule has 0 bridgehead atoms. The van der Waals surface area contributed by atoms with Gasteiger partial charge in [-0.2, -0.15) is 0 Å². The molecule has 0 rings (SSSR count). The van der Waals surface area contributed by atoms with Crippen LogP contribution in [0.3, 0.4) is 0 Å². The van der Waals surface area contributed by atoms with E-state index in [1.54, 1.807) is 0 Å². The summed E-state index contributed by atoms with van der Waals surface area (Å²) in [6.07, 6.45) is 8.21. The van der Waals surface area contributed by atoms with Crippen molar-refractivity contribution in [1.82, 2.24) is 0 Å². The maximum atomic E-state index is 10.5. The summed E-state index contributed by atoms with van der Waals surface area (Å²) in [4.78, 5) is 10.5. The van der Waals surface area contributed by atoms with Crippen molar-refractivity contribution in [1.29, 1.82) is 0 Å². The maximum absolute atomic E-state index is 10.5. The zero-order valence-electron chi connectivity index (χ0n) is 8.26. The van der Waals surface area contributed by atoms with E-state index in [9.17, 15) is 4.79 Å². The van der Waals surface area contributed by atoms with E-state index in [4.69, 9.17) is 5.11 Å². The number of hydrogen-bond donors (Lipinski definition) is 1. The van der Waals surface area contributed by atoms with Gasteiger partial charge in [-0.3, -0.25) is 4.79 Å². The van der Waals surface area contributed by atoms with Crippen molar-refractivity contribution in [2.24, 2.45) is 0 Å². The fourth-order valence-electron chi connectivity index (χ4n) is 1.23. The molecule has 80 valence electrons. The van der Waals surface area contributed by atoms with E-state index < -0.39 is 5.97 Å². The molecule has 0 fully saturated rings. The molecule has 2 nitrogen and oxygen atoms in total. The summed E-state index contributed by atoms with van der Waals surface area (Å²) in [5.74, 6) is -0.672. The quantitative estimate of drug-likeness (QED) is 0.323. The zero-order valence-corrected chi connectivity index (χ0v) is 10.4. The number of aliphatic carboxylic acids is 1. The Kier molecular flexibility index (Phi) is 15.4. The second kappa shape index (κ2) is 12.3. The Labute approximate surface area is 123 Å². The molecule has 1 N–H and O–H groups in total. The van der Waals surface area contributed by atoms with Crippen molar-refractivity contribution in [3.8, 4) is 0 Å². The molecule has 0 aliphatic rings. The molecule has 1 atom stereocenters. The van der Waals surface area contributed by atoms with Gasteiger partial charge in [-0.25, -0.2) is 0 Å². The first-order valence-electron chi connectivity index (χ1n) is 5.05. The standard InChI is InChI=1S/C10H19IO2.Na.H/c1-2-3-4-5-6-7-8-9(11)10(12)13;;/h9H,2-8H2,1H3,(H,12,13);;. The van der Waals surface area contributed by atoms with E-state index in [0.29, 0.717) is 0 Å². The van der Waals surface area contributed by atoms with Gasteiger partial charge in [-0.1, -0.05) is 68.0 Å². The summed E-state index contributed by atoms with van der Waals surface area (Å²) in [6, 6.07) is 0. The van der Waals surface area contributed by atoms with Gasteiger partial charge in [0.15, 0.2) is 0 Å². The molecule has 4 heteroatoms. The molecule has 0 aliphatic carbocycles. The number of carboxylic acid groups (broad SMARTS) is 1. The molecular weight excluding hydrogens is 302 g/mol. The number of unbranched alkanes of at least 4 members (excludes halogenated alkanes) is 5. The molecular formula is C10H20INaO2. The fraction of sp³-hybridized carbons (Fsp3) is 0.900. The summed E-state index contributed by atoms with van der Waals surface area (Å²) in [5, 5.41) is 8.62. The van der Waals surface area contributed by atoms with Gasteiger partial charge in [-0.15, -0.1) is 0 Å². The molecule has 0 spiro atoms. The van der Waals surface area contributed by atoms with Crippen LogP contribution in [0.25, 0.3) is 0 Å². The molecule has 0 heterocycles. The van der Waals surface area contributed by atoms with Gasteiger partial charge in [0.2, 0.25) is 0 Å². The summed E-state index contributed by atoms with van der Waals surface area (Å²) in [5.41, 5.74) is 0. The predicted molar refractivity (Wildman–Crippen MR) is 70.6 cm³/mol. The van der Waals surface area contributed by atoms with Crippen LogP contribution in [0.5, 0.6) is 0 Å². The molecule has 0 radical (unpaired) electrons. The van der Waals surface area contributed by atoms with Gasteiger partial charge < -0.3 is 5.11 Å². The molecule has 0 aromatic carbocycles. The van der Waals surface area contributed by atoms with E-state index >= 15 is 0 Å². The second-order valence-corrected chi connectivity index (χ2v) is 4.87. The molecule has 1 unspecified atom stereocenters. The fourth-order valence-corrected chi connectivity index (χ4v) is 1.67. The number of alkyl halides is 1. The van der Waals surface area contributed by atoms with Crippen LogP contribution in [0.2, 0.25) is 0 Å². The Bertz CT molecular complexity index is 142. The van der Waals surface area contributed by atoms with Crippen molar-refractivity contribution in [2.75, 3.05) is 0 Å². The van der Waals surface area contributed by atoms with E-state index in [2.05, 4.69) is 6.92 Å². The minimum atomic E-state index is -0.672. The van der Waals surface area contributed by atoms with Crippen molar-refractivity contribution >= 4 is 58.1 Å². The third-order valence-electron chi connectivity index (χ3n) is 2.08. The number of rotatable bonds is 8. The summed E-state index contributed by atoms with van der Waals surface area (Å²) in [6.45, 7) is 2.20.